The highest BCUT2D eigenvalue weighted by atomic mass is 16.5. The summed E-state index contributed by atoms with van der Waals surface area (Å²) in [6.07, 6.45) is 5.50. The minimum absolute atomic E-state index is 0.111. The number of nitrogens with two attached hydrogens (primary N) is 1. The standard InChI is InChI=1S/C20H28N4O2/c21-19(25)16-7-5-15(6-8-16)9-10-23-11-13-24(14-12-23)20-17-3-1-2-4-18(17)26-22-20/h1-4,15-16H,5-14H2,(H2,21,25). The number of rotatable bonds is 5. The van der Waals surface area contributed by atoms with E-state index in [4.69, 9.17) is 10.3 Å². The lowest BCUT2D eigenvalue weighted by Gasteiger charge is -2.36. The lowest BCUT2D eigenvalue weighted by Crippen LogP contribution is -2.47. The van der Waals surface area contributed by atoms with Crippen LogP contribution in [0.15, 0.2) is 28.8 Å². The predicted molar refractivity (Wildman–Crippen MR) is 102 cm³/mol. The van der Waals surface area contributed by atoms with Crippen LogP contribution in [0, 0.1) is 11.8 Å². The van der Waals surface area contributed by atoms with E-state index >= 15 is 0 Å². The molecule has 1 aliphatic carbocycles. The molecule has 1 saturated heterocycles. The van der Waals surface area contributed by atoms with Crippen molar-refractivity contribution in [3.8, 4) is 0 Å². The van der Waals surface area contributed by atoms with Crippen molar-refractivity contribution in [3.63, 3.8) is 0 Å². The Kier molecular flexibility index (Phi) is 5.11. The summed E-state index contributed by atoms with van der Waals surface area (Å²) in [5.41, 5.74) is 6.29. The molecule has 1 aromatic heterocycles. The fraction of sp³-hybridized carbons (Fsp3) is 0.600. The van der Waals surface area contributed by atoms with Crippen LogP contribution in [-0.2, 0) is 4.79 Å². The molecule has 0 radical (unpaired) electrons. The Labute approximate surface area is 154 Å². The van der Waals surface area contributed by atoms with E-state index in [0.29, 0.717) is 0 Å². The van der Waals surface area contributed by atoms with Crippen molar-refractivity contribution >= 4 is 22.7 Å². The summed E-state index contributed by atoms with van der Waals surface area (Å²) in [5, 5.41) is 5.38. The molecule has 4 rings (SSSR count). The van der Waals surface area contributed by atoms with E-state index in [1.165, 1.54) is 6.42 Å². The van der Waals surface area contributed by atoms with Gasteiger partial charge in [-0.15, -0.1) is 0 Å². The molecule has 26 heavy (non-hydrogen) atoms. The van der Waals surface area contributed by atoms with E-state index in [9.17, 15) is 4.79 Å². The molecular weight excluding hydrogens is 328 g/mol. The van der Waals surface area contributed by atoms with Gasteiger partial charge in [-0.2, -0.15) is 0 Å². The lowest BCUT2D eigenvalue weighted by molar-refractivity contribution is -0.123. The van der Waals surface area contributed by atoms with Crippen LogP contribution < -0.4 is 10.6 Å². The number of carbonyl (C=O) groups is 1. The highest BCUT2D eigenvalue weighted by Crippen LogP contribution is 2.31. The molecule has 2 aromatic rings. The number of nitrogens with zero attached hydrogens (tertiary/aromatic N) is 3. The van der Waals surface area contributed by atoms with Crippen LogP contribution >= 0.6 is 0 Å². The number of fused-ring (bicyclic) bond motifs is 1. The Balaban J connectivity index is 1.24. The van der Waals surface area contributed by atoms with Gasteiger partial charge in [-0.25, -0.2) is 0 Å². The Bertz CT molecular complexity index is 743. The smallest absolute Gasteiger partial charge is 0.220 e. The third kappa shape index (κ3) is 3.70. The van der Waals surface area contributed by atoms with Gasteiger partial charge in [0, 0.05) is 32.1 Å². The van der Waals surface area contributed by atoms with E-state index in [-0.39, 0.29) is 11.8 Å². The summed E-state index contributed by atoms with van der Waals surface area (Å²) in [7, 11) is 0. The largest absolute Gasteiger partial charge is 0.369 e. The van der Waals surface area contributed by atoms with Crippen LogP contribution in [0.25, 0.3) is 11.0 Å². The topological polar surface area (TPSA) is 75.6 Å². The van der Waals surface area contributed by atoms with Crippen LogP contribution in [-0.4, -0.2) is 48.7 Å². The van der Waals surface area contributed by atoms with Crippen LogP contribution in [0.3, 0.4) is 0 Å². The van der Waals surface area contributed by atoms with Gasteiger partial charge in [0.2, 0.25) is 5.91 Å². The number of primary amides is 1. The van der Waals surface area contributed by atoms with Crippen LogP contribution in [0.2, 0.25) is 0 Å². The van der Waals surface area contributed by atoms with Gasteiger partial charge in [0.05, 0.1) is 5.39 Å². The first-order valence-corrected chi connectivity index (χ1v) is 9.82. The molecule has 0 atom stereocenters. The van der Waals surface area contributed by atoms with Crippen molar-refractivity contribution < 1.29 is 9.32 Å². The number of carbonyl (C=O) groups excluding carboxylic acids is 1. The summed E-state index contributed by atoms with van der Waals surface area (Å²) in [6.45, 7) is 5.27. The Morgan fingerprint density at radius 2 is 1.85 bits per heavy atom. The van der Waals surface area contributed by atoms with E-state index in [1.807, 2.05) is 18.2 Å². The zero-order valence-corrected chi connectivity index (χ0v) is 15.3. The normalized spacial score (nSPS) is 24.8. The Morgan fingerprint density at radius 1 is 1.12 bits per heavy atom. The van der Waals surface area contributed by atoms with Crippen molar-refractivity contribution in [2.75, 3.05) is 37.6 Å². The maximum atomic E-state index is 11.3. The molecule has 1 amide bonds. The summed E-state index contributed by atoms with van der Waals surface area (Å²) in [4.78, 5) is 16.2. The SMILES string of the molecule is NC(=O)C1CCC(CCN2CCN(c3noc4ccccc34)CC2)CC1. The zero-order valence-electron chi connectivity index (χ0n) is 15.3. The maximum Gasteiger partial charge on any atom is 0.220 e. The summed E-state index contributed by atoms with van der Waals surface area (Å²) in [5.74, 6) is 1.74. The number of amides is 1. The van der Waals surface area contributed by atoms with Gasteiger partial charge < -0.3 is 15.2 Å². The summed E-state index contributed by atoms with van der Waals surface area (Å²) < 4.78 is 5.44. The molecule has 1 aromatic carbocycles. The second-order valence-corrected chi connectivity index (χ2v) is 7.74. The minimum Gasteiger partial charge on any atom is -0.369 e. The predicted octanol–water partition coefficient (Wildman–Crippen LogP) is 2.63. The third-order valence-electron chi connectivity index (χ3n) is 6.13. The van der Waals surface area contributed by atoms with Crippen molar-refractivity contribution in [2.45, 2.75) is 32.1 Å². The molecule has 1 aliphatic heterocycles. The molecule has 2 aliphatic rings. The van der Waals surface area contributed by atoms with Crippen LogP contribution in [0.1, 0.15) is 32.1 Å². The van der Waals surface area contributed by atoms with Gasteiger partial charge in [0.25, 0.3) is 0 Å². The Hall–Kier alpha value is -2.08. The molecule has 1 saturated carbocycles. The fourth-order valence-corrected chi connectivity index (χ4v) is 4.38. The van der Waals surface area contributed by atoms with E-state index in [1.54, 1.807) is 0 Å². The van der Waals surface area contributed by atoms with Crippen molar-refractivity contribution in [1.82, 2.24) is 10.1 Å². The first-order valence-electron chi connectivity index (χ1n) is 9.82. The monoisotopic (exact) mass is 356 g/mol. The second kappa shape index (κ2) is 7.66. The molecule has 0 spiro atoms. The number of benzene rings is 1. The molecule has 0 unspecified atom stereocenters. The molecule has 2 N–H and O–H groups in total. The number of piperazine rings is 1. The average molecular weight is 356 g/mol. The number of anilines is 1. The average Bonchev–Trinajstić information content (AvgIpc) is 3.11. The number of aromatic nitrogens is 1. The molecule has 6 nitrogen and oxygen atoms in total. The van der Waals surface area contributed by atoms with E-state index < -0.39 is 0 Å². The van der Waals surface area contributed by atoms with Crippen molar-refractivity contribution in [2.24, 2.45) is 17.6 Å². The first kappa shape index (κ1) is 17.3. The van der Waals surface area contributed by atoms with E-state index in [2.05, 4.69) is 21.0 Å². The summed E-state index contributed by atoms with van der Waals surface area (Å²) >= 11 is 0. The number of hydrogen-bond acceptors (Lipinski definition) is 5. The molecule has 2 heterocycles. The van der Waals surface area contributed by atoms with Gasteiger partial charge in [-0.1, -0.05) is 17.3 Å². The zero-order chi connectivity index (χ0) is 17.9. The van der Waals surface area contributed by atoms with Gasteiger partial charge in [0.15, 0.2) is 11.4 Å². The summed E-state index contributed by atoms with van der Waals surface area (Å²) in [6, 6.07) is 8.06. The minimum atomic E-state index is -0.111. The van der Waals surface area contributed by atoms with Gasteiger partial charge >= 0.3 is 0 Å². The van der Waals surface area contributed by atoms with Gasteiger partial charge in [-0.05, 0) is 56.7 Å². The van der Waals surface area contributed by atoms with E-state index in [0.717, 1.165) is 81.1 Å². The molecule has 140 valence electrons. The highest BCUT2D eigenvalue weighted by molar-refractivity contribution is 5.88. The number of hydrogen-bond donors (Lipinski definition) is 1. The molecular formula is C20H28N4O2. The maximum absolute atomic E-state index is 11.3. The highest BCUT2D eigenvalue weighted by Gasteiger charge is 2.26. The Morgan fingerprint density at radius 3 is 2.58 bits per heavy atom. The number of para-hydroxylation sites is 1. The fourth-order valence-electron chi connectivity index (χ4n) is 4.38. The lowest BCUT2D eigenvalue weighted by atomic mass is 9.80. The van der Waals surface area contributed by atoms with Gasteiger partial charge in [-0.3, -0.25) is 9.69 Å². The molecule has 6 heteroatoms. The van der Waals surface area contributed by atoms with Crippen molar-refractivity contribution in [3.05, 3.63) is 24.3 Å². The molecule has 2 fully saturated rings. The van der Waals surface area contributed by atoms with Crippen LogP contribution in [0.5, 0.6) is 0 Å². The van der Waals surface area contributed by atoms with Crippen molar-refractivity contribution in [1.29, 1.82) is 0 Å². The second-order valence-electron chi connectivity index (χ2n) is 7.74. The van der Waals surface area contributed by atoms with Gasteiger partial charge in [0.1, 0.15) is 0 Å². The van der Waals surface area contributed by atoms with Crippen LogP contribution in [0.4, 0.5) is 5.82 Å². The first-order chi connectivity index (χ1) is 12.7. The molecule has 0 bridgehead atoms. The third-order valence-corrected chi connectivity index (χ3v) is 6.13. The quantitative estimate of drug-likeness (QED) is 0.891.